The Morgan fingerprint density at radius 2 is 1.30 bits per heavy atom. The molecule has 5 nitrogen and oxygen atoms in total. The molecule has 1 aliphatic rings. The molecule has 0 saturated carbocycles. The van der Waals surface area contributed by atoms with Gasteiger partial charge in [0.1, 0.15) is 0 Å². The fraction of sp³-hybridized carbons (Fsp3) is 0.321. The number of anilines is 1. The molecule has 0 radical (unpaired) electrons. The van der Waals surface area contributed by atoms with Crippen LogP contribution in [-0.4, -0.2) is 66.2 Å². The van der Waals surface area contributed by atoms with Crippen LogP contribution in [-0.2, 0) is 4.79 Å². The summed E-state index contributed by atoms with van der Waals surface area (Å²) in [5, 5.41) is 9.95. The minimum Gasteiger partial charge on any atom is -0.392 e. The van der Waals surface area contributed by atoms with Crippen LogP contribution in [0.25, 0.3) is 0 Å². The second-order valence-electron chi connectivity index (χ2n) is 8.71. The number of hydrogen-bond donors (Lipinski definition) is 1. The van der Waals surface area contributed by atoms with Gasteiger partial charge < -0.3 is 14.9 Å². The monoisotopic (exact) mass is 443 g/mol. The summed E-state index contributed by atoms with van der Waals surface area (Å²) in [7, 11) is 0. The normalized spacial score (nSPS) is 15.4. The number of amides is 1. The van der Waals surface area contributed by atoms with Gasteiger partial charge in [-0.1, -0.05) is 78.9 Å². The maximum atomic E-state index is 13.2. The molecule has 0 aromatic heterocycles. The van der Waals surface area contributed by atoms with Gasteiger partial charge in [0.2, 0.25) is 5.91 Å². The molecule has 1 saturated heterocycles. The predicted molar refractivity (Wildman–Crippen MR) is 133 cm³/mol. The number of rotatable bonds is 8. The van der Waals surface area contributed by atoms with Gasteiger partial charge in [-0.05, 0) is 30.2 Å². The van der Waals surface area contributed by atoms with Crippen molar-refractivity contribution in [3.05, 3.63) is 102 Å². The van der Waals surface area contributed by atoms with Crippen LogP contribution in [0.3, 0.4) is 0 Å². The van der Waals surface area contributed by atoms with Crippen molar-refractivity contribution in [1.82, 2.24) is 9.80 Å². The summed E-state index contributed by atoms with van der Waals surface area (Å²) < 4.78 is 0. The molecule has 1 heterocycles. The van der Waals surface area contributed by atoms with Crippen LogP contribution in [0.1, 0.15) is 24.1 Å². The zero-order valence-electron chi connectivity index (χ0n) is 19.3. The first-order valence-corrected chi connectivity index (χ1v) is 11.7. The number of piperazine rings is 1. The van der Waals surface area contributed by atoms with E-state index in [9.17, 15) is 9.90 Å². The van der Waals surface area contributed by atoms with Crippen molar-refractivity contribution >= 4 is 11.6 Å². The van der Waals surface area contributed by atoms with E-state index < -0.39 is 6.10 Å². The van der Waals surface area contributed by atoms with Crippen LogP contribution in [0, 0.1) is 0 Å². The van der Waals surface area contributed by atoms with E-state index in [0.29, 0.717) is 19.6 Å². The lowest BCUT2D eigenvalue weighted by molar-refractivity contribution is -0.131. The van der Waals surface area contributed by atoms with Gasteiger partial charge in [-0.25, -0.2) is 0 Å². The van der Waals surface area contributed by atoms with Crippen molar-refractivity contribution in [1.29, 1.82) is 0 Å². The molecule has 5 heteroatoms. The summed E-state index contributed by atoms with van der Waals surface area (Å²) in [4.78, 5) is 19.6. The predicted octanol–water partition coefficient (Wildman–Crippen LogP) is 3.81. The van der Waals surface area contributed by atoms with Crippen molar-refractivity contribution in [3.8, 4) is 0 Å². The van der Waals surface area contributed by atoms with Crippen LogP contribution >= 0.6 is 0 Å². The first-order chi connectivity index (χ1) is 16.1. The average molecular weight is 444 g/mol. The molecular weight excluding hydrogens is 410 g/mol. The average Bonchev–Trinajstić information content (AvgIpc) is 2.86. The summed E-state index contributed by atoms with van der Waals surface area (Å²) in [6, 6.07) is 31.2. The van der Waals surface area contributed by atoms with Crippen molar-refractivity contribution in [3.63, 3.8) is 0 Å². The van der Waals surface area contributed by atoms with E-state index >= 15 is 0 Å². The standard InChI is InChI=1S/C28H33N3O2/c1-23(32)21-31(26-15-9-4-10-16-26)22-27(33)29-17-19-30(20-18-29)28(24-11-5-2-6-12-24)25-13-7-3-8-14-25/h2-16,23,28,32H,17-22H2,1H3. The maximum absolute atomic E-state index is 13.2. The van der Waals surface area contributed by atoms with E-state index in [-0.39, 0.29) is 18.5 Å². The Hall–Kier alpha value is -3.15. The largest absolute Gasteiger partial charge is 0.392 e. The molecule has 1 aliphatic heterocycles. The first kappa shape index (κ1) is 23.0. The van der Waals surface area contributed by atoms with Gasteiger partial charge in [-0.15, -0.1) is 0 Å². The fourth-order valence-corrected chi connectivity index (χ4v) is 4.60. The van der Waals surface area contributed by atoms with Crippen LogP contribution in [0.5, 0.6) is 0 Å². The van der Waals surface area contributed by atoms with Gasteiger partial charge in [-0.3, -0.25) is 9.69 Å². The van der Waals surface area contributed by atoms with E-state index in [1.54, 1.807) is 6.92 Å². The second-order valence-corrected chi connectivity index (χ2v) is 8.71. The highest BCUT2D eigenvalue weighted by Gasteiger charge is 2.28. The van der Waals surface area contributed by atoms with E-state index in [1.807, 2.05) is 52.3 Å². The van der Waals surface area contributed by atoms with E-state index in [4.69, 9.17) is 0 Å². The molecule has 1 unspecified atom stereocenters. The molecule has 0 aliphatic carbocycles. The van der Waals surface area contributed by atoms with Crippen molar-refractivity contribution in [2.24, 2.45) is 0 Å². The van der Waals surface area contributed by atoms with Gasteiger partial charge in [0.15, 0.2) is 0 Å². The van der Waals surface area contributed by atoms with Gasteiger partial charge in [0.05, 0.1) is 18.7 Å². The lowest BCUT2D eigenvalue weighted by atomic mass is 9.96. The summed E-state index contributed by atoms with van der Waals surface area (Å²) in [5.74, 6) is 0.107. The Bertz CT molecular complexity index is 948. The number of carbonyl (C=O) groups excluding carboxylic acids is 1. The Morgan fingerprint density at radius 3 is 1.79 bits per heavy atom. The maximum Gasteiger partial charge on any atom is 0.242 e. The van der Waals surface area contributed by atoms with Gasteiger partial charge in [0.25, 0.3) is 0 Å². The zero-order valence-corrected chi connectivity index (χ0v) is 19.3. The van der Waals surface area contributed by atoms with Crippen LogP contribution in [0.4, 0.5) is 5.69 Å². The highest BCUT2D eigenvalue weighted by atomic mass is 16.3. The number of nitrogens with zero attached hydrogens (tertiary/aromatic N) is 3. The highest BCUT2D eigenvalue weighted by molar-refractivity contribution is 5.81. The SMILES string of the molecule is CC(O)CN(CC(=O)N1CCN(C(c2ccccc2)c2ccccc2)CC1)c1ccccc1. The lowest BCUT2D eigenvalue weighted by Gasteiger charge is -2.40. The Balaban J connectivity index is 1.43. The van der Waals surface area contributed by atoms with Gasteiger partial charge in [-0.2, -0.15) is 0 Å². The Morgan fingerprint density at radius 1 is 0.818 bits per heavy atom. The highest BCUT2D eigenvalue weighted by Crippen LogP contribution is 2.29. The number of aliphatic hydroxyl groups is 1. The first-order valence-electron chi connectivity index (χ1n) is 11.7. The molecule has 0 spiro atoms. The Kier molecular flexibility index (Phi) is 7.76. The minimum absolute atomic E-state index is 0.107. The number of para-hydroxylation sites is 1. The van der Waals surface area contributed by atoms with Crippen molar-refractivity contribution in [2.45, 2.75) is 19.1 Å². The zero-order chi connectivity index (χ0) is 23.0. The summed E-state index contributed by atoms with van der Waals surface area (Å²) in [5.41, 5.74) is 3.50. The minimum atomic E-state index is -0.507. The van der Waals surface area contributed by atoms with Crippen LogP contribution in [0.15, 0.2) is 91.0 Å². The van der Waals surface area contributed by atoms with Gasteiger partial charge in [0, 0.05) is 38.4 Å². The number of carbonyl (C=O) groups is 1. The van der Waals surface area contributed by atoms with E-state index in [1.165, 1.54) is 11.1 Å². The molecule has 1 amide bonds. The van der Waals surface area contributed by atoms with Gasteiger partial charge >= 0.3 is 0 Å². The molecule has 1 fully saturated rings. The number of aliphatic hydroxyl groups excluding tert-OH is 1. The molecule has 4 rings (SSSR count). The molecule has 0 bridgehead atoms. The van der Waals surface area contributed by atoms with E-state index in [2.05, 4.69) is 53.4 Å². The van der Waals surface area contributed by atoms with Crippen molar-refractivity contribution < 1.29 is 9.90 Å². The molecule has 33 heavy (non-hydrogen) atoms. The summed E-state index contributed by atoms with van der Waals surface area (Å²) in [6.07, 6.45) is -0.507. The molecular formula is C28H33N3O2. The molecule has 3 aromatic carbocycles. The molecule has 172 valence electrons. The fourth-order valence-electron chi connectivity index (χ4n) is 4.60. The number of hydrogen-bond acceptors (Lipinski definition) is 4. The third kappa shape index (κ3) is 6.01. The second kappa shape index (κ2) is 11.1. The quantitative estimate of drug-likeness (QED) is 0.575. The smallest absolute Gasteiger partial charge is 0.242 e. The topological polar surface area (TPSA) is 47.0 Å². The summed E-state index contributed by atoms with van der Waals surface area (Å²) >= 11 is 0. The molecule has 1 atom stereocenters. The number of benzene rings is 3. The lowest BCUT2D eigenvalue weighted by Crippen LogP contribution is -2.52. The van der Waals surface area contributed by atoms with Crippen LogP contribution in [0.2, 0.25) is 0 Å². The Labute approximate surface area is 196 Å². The third-order valence-corrected chi connectivity index (χ3v) is 6.19. The van der Waals surface area contributed by atoms with Crippen LogP contribution < -0.4 is 4.90 Å². The third-order valence-electron chi connectivity index (χ3n) is 6.19. The molecule has 3 aromatic rings. The summed E-state index contributed by atoms with van der Waals surface area (Å²) in [6.45, 7) is 5.50. The van der Waals surface area contributed by atoms with Crippen molar-refractivity contribution in [2.75, 3.05) is 44.2 Å². The van der Waals surface area contributed by atoms with E-state index in [0.717, 1.165) is 18.8 Å². The molecule has 1 N–H and O–H groups in total.